The number of benzene rings is 2. The molecule has 2 aromatic carbocycles. The van der Waals surface area contributed by atoms with Crippen LogP contribution in [0.2, 0.25) is 0 Å². The number of hydrogen-bond donors (Lipinski definition) is 1. The second kappa shape index (κ2) is 8.22. The molecule has 0 aliphatic rings. The fourth-order valence-corrected chi connectivity index (χ4v) is 2.46. The second-order valence-corrected chi connectivity index (χ2v) is 5.86. The predicted octanol–water partition coefficient (Wildman–Crippen LogP) is 2.41. The van der Waals surface area contributed by atoms with Crippen LogP contribution in [0.3, 0.4) is 0 Å². The quantitative estimate of drug-likeness (QED) is 0.674. The van der Waals surface area contributed by atoms with Gasteiger partial charge in [-0.1, -0.05) is 31.2 Å². The van der Waals surface area contributed by atoms with E-state index in [1.807, 2.05) is 24.3 Å². The van der Waals surface area contributed by atoms with Gasteiger partial charge in [-0.3, -0.25) is 4.79 Å². The number of hydrogen-bond acceptors (Lipinski definition) is 6. The van der Waals surface area contributed by atoms with E-state index in [0.29, 0.717) is 11.4 Å². The van der Waals surface area contributed by atoms with Gasteiger partial charge in [0.1, 0.15) is 6.33 Å². The molecular formula is C19H19N5O3. The van der Waals surface area contributed by atoms with Crippen molar-refractivity contribution in [2.24, 2.45) is 0 Å². The van der Waals surface area contributed by atoms with Crippen molar-refractivity contribution in [2.75, 3.05) is 5.32 Å². The van der Waals surface area contributed by atoms with Crippen molar-refractivity contribution in [3.05, 3.63) is 66.0 Å². The molecule has 3 aromatic rings. The number of carbonyl (C=O) groups excluding carboxylic acids is 2. The summed E-state index contributed by atoms with van der Waals surface area (Å²) < 4.78 is 6.68. The highest BCUT2D eigenvalue weighted by molar-refractivity contribution is 5.98. The van der Waals surface area contributed by atoms with Crippen LogP contribution < -0.4 is 5.32 Å². The Balaban J connectivity index is 1.68. The van der Waals surface area contributed by atoms with Crippen LogP contribution in [0.1, 0.15) is 29.8 Å². The van der Waals surface area contributed by atoms with Gasteiger partial charge in [0.05, 0.1) is 11.3 Å². The van der Waals surface area contributed by atoms with E-state index in [9.17, 15) is 9.59 Å². The predicted molar refractivity (Wildman–Crippen MR) is 98.5 cm³/mol. The highest BCUT2D eigenvalue weighted by Gasteiger charge is 2.21. The van der Waals surface area contributed by atoms with Crippen LogP contribution in [0, 0.1) is 0 Å². The van der Waals surface area contributed by atoms with E-state index in [4.69, 9.17) is 4.74 Å². The summed E-state index contributed by atoms with van der Waals surface area (Å²) in [5.41, 5.74) is 2.55. The van der Waals surface area contributed by atoms with Crippen molar-refractivity contribution in [1.29, 1.82) is 0 Å². The summed E-state index contributed by atoms with van der Waals surface area (Å²) in [4.78, 5) is 24.8. The number of aromatic nitrogens is 4. The van der Waals surface area contributed by atoms with Crippen LogP contribution in [0.15, 0.2) is 54.9 Å². The van der Waals surface area contributed by atoms with Crippen LogP contribution >= 0.6 is 0 Å². The molecule has 8 heteroatoms. The number of para-hydroxylation sites is 1. The summed E-state index contributed by atoms with van der Waals surface area (Å²) in [7, 11) is 0. The third kappa shape index (κ3) is 4.35. The van der Waals surface area contributed by atoms with E-state index in [-0.39, 0.29) is 5.56 Å². The van der Waals surface area contributed by atoms with Gasteiger partial charge in [-0.25, -0.2) is 4.79 Å². The lowest BCUT2D eigenvalue weighted by atomic mass is 10.1. The lowest BCUT2D eigenvalue weighted by Gasteiger charge is -2.15. The van der Waals surface area contributed by atoms with Gasteiger partial charge in [0, 0.05) is 5.69 Å². The van der Waals surface area contributed by atoms with Gasteiger partial charge in [-0.15, -0.1) is 5.10 Å². The Bertz CT molecular complexity index is 923. The average Bonchev–Trinajstić information content (AvgIpc) is 3.23. The monoisotopic (exact) mass is 365 g/mol. The van der Waals surface area contributed by atoms with Gasteiger partial charge in [-0.2, -0.15) is 4.68 Å². The SMILES string of the molecule is CCc1ccc(NC(=O)C(C)OC(=O)c2ccccc2-n2cnnn2)cc1. The molecule has 8 nitrogen and oxygen atoms in total. The summed E-state index contributed by atoms with van der Waals surface area (Å²) in [5.74, 6) is -1.04. The zero-order chi connectivity index (χ0) is 19.2. The summed E-state index contributed by atoms with van der Waals surface area (Å²) in [5, 5.41) is 13.6. The van der Waals surface area contributed by atoms with E-state index in [1.54, 1.807) is 24.3 Å². The molecule has 0 spiro atoms. The second-order valence-electron chi connectivity index (χ2n) is 5.86. The Morgan fingerprint density at radius 1 is 1.15 bits per heavy atom. The standard InChI is InChI=1S/C19H19N5O3/c1-3-14-8-10-15(11-9-14)21-18(25)13(2)27-19(26)16-6-4-5-7-17(16)24-12-20-22-23-24/h4-13H,3H2,1-2H3,(H,21,25). The molecule has 1 unspecified atom stereocenters. The summed E-state index contributed by atoms with van der Waals surface area (Å²) in [6.07, 6.45) is 1.33. The number of ether oxygens (including phenoxy) is 1. The molecular weight excluding hydrogens is 346 g/mol. The van der Waals surface area contributed by atoms with E-state index in [1.165, 1.54) is 23.5 Å². The number of carbonyl (C=O) groups is 2. The van der Waals surface area contributed by atoms with Gasteiger partial charge < -0.3 is 10.1 Å². The minimum Gasteiger partial charge on any atom is -0.449 e. The maximum Gasteiger partial charge on any atom is 0.341 e. The first-order valence-corrected chi connectivity index (χ1v) is 8.51. The van der Waals surface area contributed by atoms with Gasteiger partial charge in [-0.05, 0) is 53.6 Å². The fraction of sp³-hybridized carbons (Fsp3) is 0.211. The number of anilines is 1. The Labute approximate surface area is 156 Å². The van der Waals surface area contributed by atoms with Crippen molar-refractivity contribution < 1.29 is 14.3 Å². The van der Waals surface area contributed by atoms with Crippen LogP contribution in [-0.2, 0) is 16.0 Å². The number of esters is 1. The van der Waals surface area contributed by atoms with Crippen molar-refractivity contribution in [2.45, 2.75) is 26.4 Å². The molecule has 0 saturated carbocycles. The Kier molecular flexibility index (Phi) is 5.55. The normalized spacial score (nSPS) is 11.6. The Hall–Kier alpha value is -3.55. The fourth-order valence-electron chi connectivity index (χ4n) is 2.46. The van der Waals surface area contributed by atoms with Crippen molar-refractivity contribution in [1.82, 2.24) is 20.2 Å². The molecule has 0 aliphatic heterocycles. The van der Waals surface area contributed by atoms with Crippen molar-refractivity contribution in [3.63, 3.8) is 0 Å². The summed E-state index contributed by atoms with van der Waals surface area (Å²) in [6, 6.07) is 14.2. The van der Waals surface area contributed by atoms with Crippen molar-refractivity contribution in [3.8, 4) is 5.69 Å². The topological polar surface area (TPSA) is 99.0 Å². The number of nitrogens with one attached hydrogen (secondary N) is 1. The summed E-state index contributed by atoms with van der Waals surface area (Å²) in [6.45, 7) is 3.58. The van der Waals surface area contributed by atoms with E-state index < -0.39 is 18.0 Å². The van der Waals surface area contributed by atoms with Crippen LogP contribution in [0.25, 0.3) is 5.69 Å². The number of rotatable bonds is 6. The number of amides is 1. The van der Waals surface area contributed by atoms with Gasteiger partial charge in [0.25, 0.3) is 5.91 Å². The average molecular weight is 365 g/mol. The third-order valence-electron chi connectivity index (χ3n) is 4.00. The first-order chi connectivity index (χ1) is 13.1. The smallest absolute Gasteiger partial charge is 0.341 e. The minimum absolute atomic E-state index is 0.261. The van der Waals surface area contributed by atoms with Crippen molar-refractivity contribution >= 4 is 17.6 Å². The zero-order valence-electron chi connectivity index (χ0n) is 15.0. The molecule has 1 amide bonds. The molecule has 138 valence electrons. The molecule has 0 saturated heterocycles. The maximum atomic E-state index is 12.5. The number of nitrogens with zero attached hydrogens (tertiary/aromatic N) is 4. The van der Waals surface area contributed by atoms with E-state index >= 15 is 0 Å². The van der Waals surface area contributed by atoms with Crippen LogP contribution in [0.5, 0.6) is 0 Å². The lowest BCUT2D eigenvalue weighted by Crippen LogP contribution is -2.30. The number of aryl methyl sites for hydroxylation is 1. The molecule has 27 heavy (non-hydrogen) atoms. The van der Waals surface area contributed by atoms with Crippen LogP contribution in [-0.4, -0.2) is 38.2 Å². The third-order valence-corrected chi connectivity index (χ3v) is 4.00. The minimum atomic E-state index is -0.967. The molecule has 0 bridgehead atoms. The zero-order valence-corrected chi connectivity index (χ0v) is 15.0. The van der Waals surface area contributed by atoms with Gasteiger partial charge in [0.2, 0.25) is 0 Å². The number of tetrazole rings is 1. The molecule has 1 N–H and O–H groups in total. The largest absolute Gasteiger partial charge is 0.449 e. The molecule has 0 fully saturated rings. The van der Waals surface area contributed by atoms with E-state index in [0.717, 1.165) is 6.42 Å². The van der Waals surface area contributed by atoms with Crippen LogP contribution in [0.4, 0.5) is 5.69 Å². The maximum absolute atomic E-state index is 12.5. The summed E-state index contributed by atoms with van der Waals surface area (Å²) >= 11 is 0. The highest BCUT2D eigenvalue weighted by Crippen LogP contribution is 2.16. The molecule has 0 aliphatic carbocycles. The molecule has 1 aromatic heterocycles. The first-order valence-electron chi connectivity index (χ1n) is 8.51. The Morgan fingerprint density at radius 3 is 2.56 bits per heavy atom. The van der Waals surface area contributed by atoms with Gasteiger partial charge >= 0.3 is 5.97 Å². The molecule has 1 heterocycles. The van der Waals surface area contributed by atoms with E-state index in [2.05, 4.69) is 27.8 Å². The molecule has 1 atom stereocenters. The Morgan fingerprint density at radius 2 is 1.89 bits per heavy atom. The highest BCUT2D eigenvalue weighted by atomic mass is 16.5. The lowest BCUT2D eigenvalue weighted by molar-refractivity contribution is -0.123. The molecule has 0 radical (unpaired) electrons. The molecule has 3 rings (SSSR count). The van der Waals surface area contributed by atoms with Gasteiger partial charge in [0.15, 0.2) is 6.10 Å². The first kappa shape index (κ1) is 18.2.